The molecule has 0 fully saturated rings. The van der Waals surface area contributed by atoms with Crippen LogP contribution in [0.3, 0.4) is 0 Å². The molecule has 0 unspecified atom stereocenters. The van der Waals surface area contributed by atoms with Crippen molar-refractivity contribution >= 4 is 88.9 Å². The third kappa shape index (κ3) is 24.6. The maximum Gasteiger partial charge on any atom is 0.101 e. The van der Waals surface area contributed by atoms with Gasteiger partial charge in [-0.25, -0.2) is 9.03 Å². The summed E-state index contributed by atoms with van der Waals surface area (Å²) in [5.41, 5.74) is 8.67. The number of pyridine rings is 4. The molecular weight excluding hydrogens is 1310 g/mol. The molecule has 0 saturated carbocycles. The van der Waals surface area contributed by atoms with E-state index in [4.69, 9.17) is 5.10 Å². The van der Waals surface area contributed by atoms with Crippen LogP contribution >= 0.6 is 55.9 Å². The summed E-state index contributed by atoms with van der Waals surface area (Å²) in [6.07, 6.45) is 20.0. The Bertz CT molecular complexity index is 2360. The Kier molecular flexibility index (Phi) is 46.9. The summed E-state index contributed by atoms with van der Waals surface area (Å²) < 4.78 is 11.2. The van der Waals surface area contributed by atoms with E-state index in [1.165, 1.54) is 38.5 Å². The van der Waals surface area contributed by atoms with Crippen LogP contribution in [0.15, 0.2) is 163 Å². The van der Waals surface area contributed by atoms with E-state index in [1.54, 1.807) is 16.9 Å². The van der Waals surface area contributed by atoms with E-state index in [-0.39, 0.29) is 0 Å². The molecule has 0 amide bonds. The molecule has 0 bridgehead atoms. The molecule has 8 rings (SSSR count). The molecule has 0 aliphatic carbocycles. The van der Waals surface area contributed by atoms with Gasteiger partial charge in [0.15, 0.2) is 0 Å². The number of nitrogens with zero attached hydrogens (tertiary/aromatic N) is 6. The maximum atomic E-state index is 4.76. The van der Waals surface area contributed by atoms with E-state index in [0.29, 0.717) is 9.47 Å². The maximum absolute atomic E-state index is 4.76. The van der Waals surface area contributed by atoms with Crippen molar-refractivity contribution in [2.75, 3.05) is 0 Å². The van der Waals surface area contributed by atoms with E-state index >= 15 is 0 Å². The van der Waals surface area contributed by atoms with Crippen molar-refractivity contribution in [1.29, 1.82) is 0 Å². The van der Waals surface area contributed by atoms with Crippen molar-refractivity contribution < 1.29 is 9.47 Å². The van der Waals surface area contributed by atoms with E-state index in [1.807, 2.05) is 208 Å². The molecule has 6 nitrogen and oxygen atoms in total. The van der Waals surface area contributed by atoms with Gasteiger partial charge in [-0.2, -0.15) is 10.2 Å². The van der Waals surface area contributed by atoms with Crippen LogP contribution in [0.25, 0.3) is 44.7 Å². The van der Waals surface area contributed by atoms with Gasteiger partial charge in [0.1, 0.15) is 11.4 Å². The fraction of sp³-hybridized carbons (Fsp3) is 0.400. The summed E-state index contributed by atoms with van der Waals surface area (Å²) >= 11 is 6.21. The number of hydrogen-bond donors (Lipinski definition) is 0. The molecule has 0 aliphatic heterocycles. The first kappa shape index (κ1) is 70.5. The van der Waals surface area contributed by atoms with Crippen LogP contribution in [-0.2, 0) is 9.47 Å². The minimum Gasteiger partial charge on any atom is -0.265 e. The van der Waals surface area contributed by atoms with Crippen LogP contribution in [0.4, 0.5) is 0 Å². The topological polar surface area (TPSA) is 60.4 Å². The van der Waals surface area contributed by atoms with E-state index in [9.17, 15) is 0 Å². The molecule has 0 spiro atoms. The van der Waals surface area contributed by atoms with Gasteiger partial charge in [0.25, 0.3) is 0 Å². The van der Waals surface area contributed by atoms with E-state index in [0.717, 1.165) is 49.1 Å². The predicted molar refractivity (Wildman–Crippen MR) is 337 cm³/mol. The van der Waals surface area contributed by atoms with Crippen molar-refractivity contribution in [3.8, 4) is 33.6 Å². The number of unbranched alkanes of at least 4 members (excludes halogenated alkanes) is 3. The normalized spacial score (nSPS) is 9.49. The SMILES string of the molecule is Brc1c(-c2ccccc2)nn2ccccc12.CC.CC.CC.CC.CC.CC.CCC[CH2][Sn]([CH2]CCC)([CH2]CCC)[c]1ccncc1.[I][V][I].c1ccc(-c2nn3ccccc3c2-c2ccncc2)cc1. The zero-order valence-corrected chi connectivity index (χ0v) is 56.3. The molecule has 0 atom stereocenters. The molecule has 2 aromatic carbocycles. The first-order chi connectivity index (χ1) is 35.0. The van der Waals surface area contributed by atoms with E-state index < -0.39 is 18.4 Å². The molecule has 6 heterocycles. The zero-order chi connectivity index (χ0) is 53.7. The average Bonchev–Trinajstić information content (AvgIpc) is 4.03. The number of benzene rings is 2. The van der Waals surface area contributed by atoms with Crippen LogP contribution < -0.4 is 3.58 Å². The van der Waals surface area contributed by atoms with Gasteiger partial charge >= 0.3 is 173 Å². The molecular formula is C60H89BrI2N6SnV. The first-order valence-electron chi connectivity index (χ1n) is 26.4. The third-order valence-electron chi connectivity index (χ3n) is 10.4. The second kappa shape index (κ2) is 47.2. The van der Waals surface area contributed by atoms with E-state index in [2.05, 4.69) is 134 Å². The van der Waals surface area contributed by atoms with Crippen LogP contribution in [-0.4, -0.2) is 47.6 Å². The third-order valence-corrected chi connectivity index (χ3v) is 26.9. The molecule has 0 saturated heterocycles. The quantitative estimate of drug-likeness (QED) is 0.0853. The molecule has 0 N–H and O–H groups in total. The van der Waals surface area contributed by atoms with Crippen LogP contribution in [0, 0.1) is 0 Å². The fourth-order valence-electron chi connectivity index (χ4n) is 7.41. The summed E-state index contributed by atoms with van der Waals surface area (Å²) in [6, 6.07) is 41.3. The van der Waals surface area contributed by atoms with Gasteiger partial charge < -0.3 is 0 Å². The van der Waals surface area contributed by atoms with Crippen LogP contribution in [0.5, 0.6) is 0 Å². The number of aromatic nitrogens is 6. The van der Waals surface area contributed by atoms with Gasteiger partial charge in [-0.3, -0.25) is 4.98 Å². The largest absolute Gasteiger partial charge is 0.265 e. The Labute approximate surface area is 474 Å². The number of fused-ring (bicyclic) bond motifs is 2. The smallest absolute Gasteiger partial charge is 0.101 e. The van der Waals surface area contributed by atoms with Gasteiger partial charge in [-0.05, 0) is 57.9 Å². The Morgan fingerprint density at radius 2 is 0.803 bits per heavy atom. The summed E-state index contributed by atoms with van der Waals surface area (Å²) in [5.74, 6) is 0. The molecule has 11 heteroatoms. The Morgan fingerprint density at radius 1 is 0.451 bits per heavy atom. The zero-order valence-electron chi connectivity index (χ0n) is 46.1. The summed E-state index contributed by atoms with van der Waals surface area (Å²) in [5, 5.41) is 9.31. The number of halogens is 3. The van der Waals surface area contributed by atoms with Crippen molar-refractivity contribution in [2.45, 2.75) is 156 Å². The van der Waals surface area contributed by atoms with Crippen molar-refractivity contribution in [3.63, 3.8) is 0 Å². The molecule has 0 aliphatic rings. The number of hydrogen-bond acceptors (Lipinski definition) is 4. The Morgan fingerprint density at radius 3 is 1.21 bits per heavy atom. The molecule has 0 radical (unpaired) electrons. The first-order valence-corrected chi connectivity index (χ1v) is 43.7. The van der Waals surface area contributed by atoms with Crippen molar-refractivity contribution in [2.24, 2.45) is 0 Å². The summed E-state index contributed by atoms with van der Waals surface area (Å²) in [6.45, 7) is 31.0. The predicted octanol–water partition coefficient (Wildman–Crippen LogP) is 20.9. The van der Waals surface area contributed by atoms with Gasteiger partial charge in [-0.15, -0.1) is 0 Å². The Hall–Kier alpha value is -2.56. The van der Waals surface area contributed by atoms with Crippen molar-refractivity contribution in [3.05, 3.63) is 163 Å². The van der Waals surface area contributed by atoms with Crippen LogP contribution in [0.2, 0.25) is 13.3 Å². The van der Waals surface area contributed by atoms with Gasteiger partial charge in [0, 0.05) is 41.5 Å². The molecule has 8 aromatic rings. The molecule has 389 valence electrons. The van der Waals surface area contributed by atoms with Gasteiger partial charge in [0.2, 0.25) is 0 Å². The summed E-state index contributed by atoms with van der Waals surface area (Å²) in [4.78, 5) is 8.34. The summed E-state index contributed by atoms with van der Waals surface area (Å²) in [7, 11) is 0.628. The molecule has 71 heavy (non-hydrogen) atoms. The standard InChI is InChI=1S/C18H13N3.C13H9BrN2.C5H4N.3C4H9.6C2H6.2HI.Sn.V/c1-2-6-15(7-3-1)18-17(14-9-11-19-12-10-14)16-8-4-5-13-21(16)20-18;14-12-11-8-4-5-9-16(11)15-13(12)10-6-2-1-3-7-10;1-2-4-6-5-3-1;3*1-3-4-2;6*1-2;;;;/h1-13H;1-9H;2-5H;3*1,3-4H2,2H3;6*1-2H3;2*1H;;/q;;;;;;;;;;;;;;;+2/p-2. The monoisotopic (exact) mass is 1400 g/mol. The number of rotatable bonds is 13. The fourth-order valence-corrected chi connectivity index (χ4v) is 23.9. The Balaban J connectivity index is 0. The van der Waals surface area contributed by atoms with Gasteiger partial charge in [0.05, 0.1) is 15.5 Å². The second-order valence-corrected chi connectivity index (χ2v) is 40.1. The van der Waals surface area contributed by atoms with Crippen LogP contribution in [0.1, 0.15) is 142 Å². The minimum absolute atomic E-state index is 0.628. The van der Waals surface area contributed by atoms with Crippen molar-refractivity contribution in [1.82, 2.24) is 29.2 Å². The second-order valence-electron chi connectivity index (χ2n) is 14.3. The minimum atomic E-state index is -2.14. The van der Waals surface area contributed by atoms with Gasteiger partial charge in [-0.1, -0.05) is 156 Å². The molecule has 6 aromatic heterocycles. The average molecular weight is 1400 g/mol.